The fourth-order valence-electron chi connectivity index (χ4n) is 1.14. The molecular formula is C11H13FN2OS. The molecule has 0 saturated carbocycles. The summed E-state index contributed by atoms with van der Waals surface area (Å²) in [6.45, 7) is 3.29. The SMILES string of the molecule is Cc1cc(C(=O)NC(C)C(N)=S)ccc1F. The molecule has 1 aromatic carbocycles. The van der Waals surface area contributed by atoms with Crippen LogP contribution in [0.1, 0.15) is 22.8 Å². The molecule has 1 unspecified atom stereocenters. The van der Waals surface area contributed by atoms with Crippen molar-refractivity contribution >= 4 is 23.1 Å². The van der Waals surface area contributed by atoms with Gasteiger partial charge in [-0.2, -0.15) is 0 Å². The predicted octanol–water partition coefficient (Wildman–Crippen LogP) is 1.54. The van der Waals surface area contributed by atoms with Crippen molar-refractivity contribution in [3.05, 3.63) is 35.1 Å². The molecule has 5 heteroatoms. The highest BCUT2D eigenvalue weighted by Gasteiger charge is 2.12. The quantitative estimate of drug-likeness (QED) is 0.788. The molecule has 16 heavy (non-hydrogen) atoms. The van der Waals surface area contributed by atoms with Crippen molar-refractivity contribution in [1.82, 2.24) is 5.32 Å². The van der Waals surface area contributed by atoms with Crippen LogP contribution in [0, 0.1) is 12.7 Å². The summed E-state index contributed by atoms with van der Waals surface area (Å²) < 4.78 is 13.0. The maximum absolute atomic E-state index is 13.0. The Bertz CT molecular complexity index is 434. The third kappa shape index (κ3) is 3.00. The van der Waals surface area contributed by atoms with Crippen molar-refractivity contribution in [1.29, 1.82) is 0 Å². The number of hydrogen-bond donors (Lipinski definition) is 2. The molecule has 3 N–H and O–H groups in total. The molecule has 1 amide bonds. The third-order valence-electron chi connectivity index (χ3n) is 2.19. The van der Waals surface area contributed by atoms with Gasteiger partial charge in [0.25, 0.3) is 5.91 Å². The highest BCUT2D eigenvalue weighted by molar-refractivity contribution is 7.80. The van der Waals surface area contributed by atoms with Gasteiger partial charge in [0.1, 0.15) is 5.82 Å². The average Bonchev–Trinajstić information content (AvgIpc) is 2.21. The summed E-state index contributed by atoms with van der Waals surface area (Å²) in [5.74, 6) is -0.651. The van der Waals surface area contributed by atoms with E-state index in [1.807, 2.05) is 0 Å². The van der Waals surface area contributed by atoms with Gasteiger partial charge < -0.3 is 11.1 Å². The lowest BCUT2D eigenvalue weighted by Crippen LogP contribution is -2.41. The van der Waals surface area contributed by atoms with Crippen LogP contribution in [0.4, 0.5) is 4.39 Å². The summed E-state index contributed by atoms with van der Waals surface area (Å²) in [7, 11) is 0. The van der Waals surface area contributed by atoms with E-state index in [1.54, 1.807) is 13.8 Å². The van der Waals surface area contributed by atoms with E-state index in [-0.39, 0.29) is 22.8 Å². The van der Waals surface area contributed by atoms with Crippen molar-refractivity contribution in [3.63, 3.8) is 0 Å². The van der Waals surface area contributed by atoms with E-state index in [0.29, 0.717) is 11.1 Å². The van der Waals surface area contributed by atoms with Crippen molar-refractivity contribution < 1.29 is 9.18 Å². The number of hydrogen-bond acceptors (Lipinski definition) is 2. The minimum absolute atomic E-state index is 0.215. The van der Waals surface area contributed by atoms with Gasteiger partial charge >= 0.3 is 0 Å². The fraction of sp³-hybridized carbons (Fsp3) is 0.273. The average molecular weight is 240 g/mol. The lowest BCUT2D eigenvalue weighted by molar-refractivity contribution is 0.0949. The first-order valence-electron chi connectivity index (χ1n) is 4.78. The molecule has 0 radical (unpaired) electrons. The van der Waals surface area contributed by atoms with Crippen LogP contribution in [0.3, 0.4) is 0 Å². The van der Waals surface area contributed by atoms with Gasteiger partial charge in [0.2, 0.25) is 0 Å². The number of amides is 1. The topological polar surface area (TPSA) is 55.1 Å². The first kappa shape index (κ1) is 12.6. The van der Waals surface area contributed by atoms with E-state index in [2.05, 4.69) is 5.32 Å². The number of halogens is 1. The molecule has 0 aromatic heterocycles. The molecule has 0 heterocycles. The summed E-state index contributed by atoms with van der Waals surface area (Å²) in [5, 5.41) is 2.61. The fourth-order valence-corrected chi connectivity index (χ4v) is 1.20. The lowest BCUT2D eigenvalue weighted by atomic mass is 10.1. The summed E-state index contributed by atoms with van der Waals surface area (Å²) in [5.41, 5.74) is 6.19. The molecule has 86 valence electrons. The molecule has 0 aliphatic carbocycles. The second-order valence-corrected chi connectivity index (χ2v) is 4.03. The Morgan fingerprint density at radius 3 is 2.69 bits per heavy atom. The van der Waals surface area contributed by atoms with Gasteiger partial charge in [0.05, 0.1) is 11.0 Å². The monoisotopic (exact) mass is 240 g/mol. The van der Waals surface area contributed by atoms with Gasteiger partial charge in [0, 0.05) is 5.56 Å². The number of benzene rings is 1. The van der Waals surface area contributed by atoms with Crippen LogP contribution in [0.5, 0.6) is 0 Å². The van der Waals surface area contributed by atoms with Crippen LogP contribution in [-0.4, -0.2) is 16.9 Å². The summed E-state index contributed by atoms with van der Waals surface area (Å²) in [6, 6.07) is 3.78. The van der Waals surface area contributed by atoms with Crippen molar-refractivity contribution in [2.45, 2.75) is 19.9 Å². The van der Waals surface area contributed by atoms with Crippen LogP contribution in [0.15, 0.2) is 18.2 Å². The van der Waals surface area contributed by atoms with Gasteiger partial charge in [-0.15, -0.1) is 0 Å². The lowest BCUT2D eigenvalue weighted by Gasteiger charge is -2.12. The minimum Gasteiger partial charge on any atom is -0.392 e. The molecule has 0 fully saturated rings. The normalized spacial score (nSPS) is 11.9. The third-order valence-corrected chi connectivity index (χ3v) is 2.55. The molecule has 1 rings (SSSR count). The van der Waals surface area contributed by atoms with E-state index >= 15 is 0 Å². The van der Waals surface area contributed by atoms with E-state index < -0.39 is 0 Å². The van der Waals surface area contributed by atoms with E-state index in [0.717, 1.165) is 0 Å². The first-order chi connectivity index (χ1) is 7.41. The second kappa shape index (κ2) is 5.03. The van der Waals surface area contributed by atoms with Crippen LogP contribution in [0.25, 0.3) is 0 Å². The van der Waals surface area contributed by atoms with Crippen LogP contribution < -0.4 is 11.1 Å². The van der Waals surface area contributed by atoms with Gasteiger partial charge in [-0.05, 0) is 37.6 Å². The van der Waals surface area contributed by atoms with E-state index in [1.165, 1.54) is 18.2 Å². The van der Waals surface area contributed by atoms with Crippen LogP contribution >= 0.6 is 12.2 Å². The molecule has 0 spiro atoms. The summed E-state index contributed by atoms with van der Waals surface area (Å²) in [6.07, 6.45) is 0. The molecule has 1 aromatic rings. The minimum atomic E-state index is -0.382. The number of aryl methyl sites for hydroxylation is 1. The second-order valence-electron chi connectivity index (χ2n) is 3.56. The van der Waals surface area contributed by atoms with Crippen LogP contribution in [0.2, 0.25) is 0 Å². The summed E-state index contributed by atoms with van der Waals surface area (Å²) >= 11 is 4.74. The van der Waals surface area contributed by atoms with Gasteiger partial charge in [-0.1, -0.05) is 12.2 Å². The zero-order chi connectivity index (χ0) is 12.3. The Hall–Kier alpha value is -1.49. The predicted molar refractivity (Wildman–Crippen MR) is 64.9 cm³/mol. The molecule has 3 nitrogen and oxygen atoms in total. The van der Waals surface area contributed by atoms with Gasteiger partial charge in [-0.25, -0.2) is 4.39 Å². The van der Waals surface area contributed by atoms with E-state index in [9.17, 15) is 9.18 Å². The zero-order valence-electron chi connectivity index (χ0n) is 9.08. The number of rotatable bonds is 3. The van der Waals surface area contributed by atoms with Crippen molar-refractivity contribution in [2.24, 2.45) is 5.73 Å². The highest BCUT2D eigenvalue weighted by Crippen LogP contribution is 2.09. The number of thiocarbonyl (C=S) groups is 1. The smallest absolute Gasteiger partial charge is 0.251 e. The number of nitrogens with two attached hydrogens (primary N) is 1. The van der Waals surface area contributed by atoms with E-state index in [4.69, 9.17) is 18.0 Å². The van der Waals surface area contributed by atoms with Gasteiger partial charge in [0.15, 0.2) is 0 Å². The number of carbonyl (C=O) groups excluding carboxylic acids is 1. The van der Waals surface area contributed by atoms with Crippen molar-refractivity contribution in [3.8, 4) is 0 Å². The Morgan fingerprint density at radius 2 is 2.19 bits per heavy atom. The molecule has 1 atom stereocenters. The Balaban J connectivity index is 2.81. The molecule has 0 aliphatic heterocycles. The largest absolute Gasteiger partial charge is 0.392 e. The molecule has 0 aliphatic rings. The molecular weight excluding hydrogens is 227 g/mol. The Labute approximate surface area is 98.8 Å². The standard InChI is InChI=1S/C11H13FN2OS/c1-6-5-8(3-4-9(6)12)11(15)14-7(2)10(13)16/h3-5,7H,1-2H3,(H2,13,16)(H,14,15). The first-order valence-corrected chi connectivity index (χ1v) is 5.19. The summed E-state index contributed by atoms with van der Waals surface area (Å²) in [4.78, 5) is 11.9. The van der Waals surface area contributed by atoms with Crippen molar-refractivity contribution in [2.75, 3.05) is 0 Å². The highest BCUT2D eigenvalue weighted by atomic mass is 32.1. The Morgan fingerprint density at radius 1 is 1.56 bits per heavy atom. The number of nitrogens with one attached hydrogen (secondary N) is 1. The van der Waals surface area contributed by atoms with Gasteiger partial charge in [-0.3, -0.25) is 4.79 Å². The maximum atomic E-state index is 13.0. The number of carbonyl (C=O) groups is 1. The zero-order valence-corrected chi connectivity index (χ0v) is 9.90. The van der Waals surface area contributed by atoms with Crippen LogP contribution in [-0.2, 0) is 0 Å². The molecule has 0 saturated heterocycles. The molecule has 0 bridgehead atoms. The Kier molecular flexibility index (Phi) is 3.95. The maximum Gasteiger partial charge on any atom is 0.251 e.